The average Bonchev–Trinajstić information content (AvgIpc) is 2.35. The maximum Gasteiger partial charge on any atom is 0.239 e. The molecule has 1 amide bonds. The lowest BCUT2D eigenvalue weighted by molar-refractivity contribution is -0.119. The van der Waals surface area contributed by atoms with E-state index in [1.165, 1.54) is 12.1 Å². The Morgan fingerprint density at radius 2 is 2.28 bits per heavy atom. The van der Waals surface area contributed by atoms with Crippen LogP contribution in [0.25, 0.3) is 0 Å². The summed E-state index contributed by atoms with van der Waals surface area (Å²) >= 11 is 0. The van der Waals surface area contributed by atoms with Gasteiger partial charge in [-0.1, -0.05) is 6.92 Å². The number of hydrogen-bond acceptors (Lipinski definition) is 3. The first-order valence-corrected chi connectivity index (χ1v) is 5.76. The summed E-state index contributed by atoms with van der Waals surface area (Å²) in [7, 11) is 1.69. The highest BCUT2D eigenvalue weighted by atomic mass is 19.1. The van der Waals surface area contributed by atoms with Crippen molar-refractivity contribution in [3.63, 3.8) is 0 Å². The van der Waals surface area contributed by atoms with Crippen LogP contribution in [0.3, 0.4) is 0 Å². The number of hydrogen-bond donors (Lipinski definition) is 1. The summed E-state index contributed by atoms with van der Waals surface area (Å²) in [5.41, 5.74) is 0.770. The molecule has 18 heavy (non-hydrogen) atoms. The largest absolute Gasteiger partial charge is 0.364 e. The van der Waals surface area contributed by atoms with E-state index in [1.807, 2.05) is 13.0 Å². The number of rotatable bonds is 5. The van der Waals surface area contributed by atoms with Gasteiger partial charge in [0.25, 0.3) is 0 Å². The van der Waals surface area contributed by atoms with Crippen LogP contribution < -0.4 is 10.2 Å². The van der Waals surface area contributed by atoms with Gasteiger partial charge >= 0.3 is 0 Å². The second-order valence-electron chi connectivity index (χ2n) is 3.98. The quantitative estimate of drug-likeness (QED) is 0.863. The fourth-order valence-electron chi connectivity index (χ4n) is 1.55. The van der Waals surface area contributed by atoms with Gasteiger partial charge in [0.05, 0.1) is 17.8 Å². The summed E-state index contributed by atoms with van der Waals surface area (Å²) in [6.45, 7) is 2.74. The minimum absolute atomic E-state index is 0.118. The number of benzene rings is 1. The van der Waals surface area contributed by atoms with Crippen molar-refractivity contribution in [3.8, 4) is 6.07 Å². The van der Waals surface area contributed by atoms with Gasteiger partial charge in [-0.15, -0.1) is 0 Å². The van der Waals surface area contributed by atoms with Gasteiger partial charge in [0.15, 0.2) is 0 Å². The number of halogens is 1. The molecule has 0 saturated carbocycles. The maximum absolute atomic E-state index is 13.0. The van der Waals surface area contributed by atoms with Gasteiger partial charge < -0.3 is 10.2 Å². The minimum atomic E-state index is -0.459. The topological polar surface area (TPSA) is 56.1 Å². The number of nitriles is 1. The van der Waals surface area contributed by atoms with E-state index in [2.05, 4.69) is 5.32 Å². The molecule has 4 nitrogen and oxygen atoms in total. The summed E-state index contributed by atoms with van der Waals surface area (Å²) in [5, 5.41) is 11.7. The van der Waals surface area contributed by atoms with Crippen LogP contribution in [-0.2, 0) is 4.79 Å². The van der Waals surface area contributed by atoms with Gasteiger partial charge in [-0.2, -0.15) is 5.26 Å². The summed E-state index contributed by atoms with van der Waals surface area (Å²) < 4.78 is 13.0. The molecule has 5 heteroatoms. The van der Waals surface area contributed by atoms with Crippen molar-refractivity contribution >= 4 is 11.6 Å². The molecule has 1 aromatic carbocycles. The third kappa shape index (κ3) is 3.74. The first kappa shape index (κ1) is 14.0. The minimum Gasteiger partial charge on any atom is -0.364 e. The first-order chi connectivity index (χ1) is 8.58. The number of nitrogens with zero attached hydrogens (tertiary/aromatic N) is 2. The zero-order valence-corrected chi connectivity index (χ0v) is 10.5. The standard InChI is InChI=1S/C13H16FN3O/c1-3-6-16-13(18)9-17(2)12-5-4-11(14)7-10(12)8-15/h4-5,7H,3,6,9H2,1-2H3,(H,16,18). The lowest BCUT2D eigenvalue weighted by Crippen LogP contribution is -2.35. The van der Waals surface area contributed by atoms with E-state index in [-0.39, 0.29) is 18.0 Å². The van der Waals surface area contributed by atoms with Crippen molar-refractivity contribution < 1.29 is 9.18 Å². The molecular weight excluding hydrogens is 233 g/mol. The fraction of sp³-hybridized carbons (Fsp3) is 0.385. The molecule has 96 valence electrons. The Morgan fingerprint density at radius 3 is 2.89 bits per heavy atom. The second-order valence-corrected chi connectivity index (χ2v) is 3.98. The molecule has 0 bridgehead atoms. The second kappa shape index (κ2) is 6.60. The number of likely N-dealkylation sites (N-methyl/N-ethyl adjacent to an activating group) is 1. The van der Waals surface area contributed by atoms with Crippen LogP contribution >= 0.6 is 0 Å². The molecule has 0 saturated heterocycles. The summed E-state index contributed by atoms with van der Waals surface area (Å²) in [6, 6.07) is 5.86. The predicted octanol–water partition coefficient (Wildman–Crippen LogP) is 1.66. The third-order valence-corrected chi connectivity index (χ3v) is 2.44. The first-order valence-electron chi connectivity index (χ1n) is 5.76. The van der Waals surface area contributed by atoms with Gasteiger partial charge in [0.2, 0.25) is 5.91 Å². The lowest BCUT2D eigenvalue weighted by Gasteiger charge is -2.19. The number of carbonyl (C=O) groups is 1. The highest BCUT2D eigenvalue weighted by Crippen LogP contribution is 2.19. The van der Waals surface area contributed by atoms with Crippen molar-refractivity contribution in [1.82, 2.24) is 5.32 Å². The van der Waals surface area contributed by atoms with Crippen LogP contribution in [-0.4, -0.2) is 26.0 Å². The zero-order valence-electron chi connectivity index (χ0n) is 10.5. The molecule has 1 N–H and O–H groups in total. The van der Waals surface area contributed by atoms with Crippen molar-refractivity contribution in [2.24, 2.45) is 0 Å². The third-order valence-electron chi connectivity index (χ3n) is 2.44. The van der Waals surface area contributed by atoms with E-state index >= 15 is 0 Å². The molecule has 0 aromatic heterocycles. The van der Waals surface area contributed by atoms with E-state index in [0.717, 1.165) is 12.5 Å². The number of carbonyl (C=O) groups excluding carboxylic acids is 1. The number of anilines is 1. The normalized spacial score (nSPS) is 9.67. The van der Waals surface area contributed by atoms with Crippen LogP contribution in [0.2, 0.25) is 0 Å². The molecule has 0 radical (unpaired) electrons. The Hall–Kier alpha value is -2.09. The Labute approximate surface area is 106 Å². The van der Waals surface area contributed by atoms with Crippen LogP contribution in [0.5, 0.6) is 0 Å². The Bertz CT molecular complexity index is 468. The van der Waals surface area contributed by atoms with Crippen molar-refractivity contribution in [2.75, 3.05) is 25.0 Å². The van der Waals surface area contributed by atoms with Crippen LogP contribution in [0.15, 0.2) is 18.2 Å². The van der Waals surface area contributed by atoms with Crippen molar-refractivity contribution in [2.45, 2.75) is 13.3 Å². The van der Waals surface area contributed by atoms with E-state index in [9.17, 15) is 9.18 Å². The molecule has 0 fully saturated rings. The van der Waals surface area contributed by atoms with Gasteiger partial charge in [-0.05, 0) is 24.6 Å². The Balaban J connectivity index is 2.75. The molecule has 0 aliphatic heterocycles. The van der Waals surface area contributed by atoms with E-state index in [1.54, 1.807) is 11.9 Å². The summed E-state index contributed by atoms with van der Waals surface area (Å²) in [6.07, 6.45) is 0.870. The highest BCUT2D eigenvalue weighted by molar-refractivity contribution is 5.81. The fourth-order valence-corrected chi connectivity index (χ4v) is 1.55. The van der Waals surface area contributed by atoms with Crippen LogP contribution in [0, 0.1) is 17.1 Å². The molecule has 0 heterocycles. The Kier molecular flexibility index (Phi) is 5.12. The van der Waals surface area contributed by atoms with Gasteiger partial charge in [0.1, 0.15) is 11.9 Å². The van der Waals surface area contributed by atoms with Gasteiger partial charge in [-0.3, -0.25) is 4.79 Å². The molecule has 0 atom stereocenters. The Morgan fingerprint density at radius 1 is 1.56 bits per heavy atom. The van der Waals surface area contributed by atoms with Gasteiger partial charge in [-0.25, -0.2) is 4.39 Å². The van der Waals surface area contributed by atoms with Crippen LogP contribution in [0.1, 0.15) is 18.9 Å². The smallest absolute Gasteiger partial charge is 0.239 e. The van der Waals surface area contributed by atoms with E-state index in [4.69, 9.17) is 5.26 Å². The van der Waals surface area contributed by atoms with E-state index < -0.39 is 5.82 Å². The predicted molar refractivity (Wildman–Crippen MR) is 67.7 cm³/mol. The highest BCUT2D eigenvalue weighted by Gasteiger charge is 2.11. The number of amides is 1. The molecule has 0 spiro atoms. The van der Waals surface area contributed by atoms with Gasteiger partial charge in [0, 0.05) is 13.6 Å². The molecular formula is C13H16FN3O. The summed E-state index contributed by atoms with van der Waals surface area (Å²) in [5.74, 6) is -0.577. The molecule has 0 unspecified atom stereocenters. The molecule has 1 rings (SSSR count). The summed E-state index contributed by atoms with van der Waals surface area (Å²) in [4.78, 5) is 13.2. The van der Waals surface area contributed by atoms with Crippen molar-refractivity contribution in [3.05, 3.63) is 29.6 Å². The average molecular weight is 249 g/mol. The molecule has 0 aliphatic carbocycles. The lowest BCUT2D eigenvalue weighted by atomic mass is 10.1. The number of nitrogens with one attached hydrogen (secondary N) is 1. The van der Waals surface area contributed by atoms with Crippen molar-refractivity contribution in [1.29, 1.82) is 5.26 Å². The van der Waals surface area contributed by atoms with E-state index in [0.29, 0.717) is 12.2 Å². The van der Waals surface area contributed by atoms with Crippen LogP contribution in [0.4, 0.5) is 10.1 Å². The molecule has 0 aliphatic rings. The maximum atomic E-state index is 13.0. The SMILES string of the molecule is CCCNC(=O)CN(C)c1ccc(F)cc1C#N. The zero-order chi connectivity index (χ0) is 13.5. The monoisotopic (exact) mass is 249 g/mol. The molecule has 1 aromatic rings.